The van der Waals surface area contributed by atoms with Gasteiger partial charge in [0, 0.05) is 0 Å². The third-order valence-electron chi connectivity index (χ3n) is 7.04. The second-order valence-corrected chi connectivity index (χ2v) is 11.4. The summed E-state index contributed by atoms with van der Waals surface area (Å²) in [5.41, 5.74) is -14.3. The lowest BCUT2D eigenvalue weighted by Crippen LogP contribution is -2.71. The van der Waals surface area contributed by atoms with E-state index in [9.17, 15) is 184 Å². The Bertz CT molecular complexity index is 1670. The fourth-order valence-electron chi connectivity index (χ4n) is 3.62. The Morgan fingerprint density at radius 3 is 0.523 bits per heavy atom. The van der Waals surface area contributed by atoms with Gasteiger partial charge in [-0.3, -0.25) is 0 Å². The molecule has 0 fully saturated rings. The van der Waals surface area contributed by atoms with Crippen molar-refractivity contribution in [3.8, 4) is 0 Å². The maximum absolute atomic E-state index is 14.4. The van der Waals surface area contributed by atoms with E-state index in [4.69, 9.17) is 0 Å². The van der Waals surface area contributed by atoms with Crippen LogP contribution in [0.25, 0.3) is 0 Å². The van der Waals surface area contributed by atoms with Crippen molar-refractivity contribution in [2.45, 2.75) is 108 Å². The summed E-state index contributed by atoms with van der Waals surface area (Å²) in [4.78, 5) is 0. The first-order valence-corrected chi connectivity index (χ1v) is 13.3. The Morgan fingerprint density at radius 2 is 0.369 bits per heavy atom. The van der Waals surface area contributed by atoms with Gasteiger partial charge in [-0.15, -0.1) is 0 Å². The number of ether oxygens (including phenoxy) is 1. The van der Waals surface area contributed by atoms with E-state index in [0.29, 0.717) is 0 Å². The molecule has 0 amide bonds. The summed E-state index contributed by atoms with van der Waals surface area (Å²) in [6.45, 7) is 0. The van der Waals surface area contributed by atoms with Gasteiger partial charge >= 0.3 is 108 Å². The molecule has 43 heteroatoms. The van der Waals surface area contributed by atoms with Crippen LogP contribution in [0.2, 0.25) is 0 Å². The Morgan fingerprint density at radius 1 is 0.200 bits per heavy atom. The molecule has 0 atom stereocenters. The number of allylic oxidation sites excluding steroid dienone is 2. The molecule has 0 saturated heterocycles. The van der Waals surface area contributed by atoms with Gasteiger partial charge in [0.05, 0.1) is 0 Å². The van der Waals surface area contributed by atoms with Crippen LogP contribution in [-0.4, -0.2) is 108 Å². The van der Waals surface area contributed by atoms with Crippen LogP contribution in [0.1, 0.15) is 0 Å². The minimum atomic E-state index is -10.0. The first kappa shape index (κ1) is 61.5. The highest BCUT2D eigenvalue weighted by atomic mass is 19.5. The molecule has 0 spiro atoms. The predicted octanol–water partition coefficient (Wildman–Crippen LogP) is 14.5. The highest BCUT2D eigenvalue weighted by Gasteiger charge is 2.94. The van der Waals surface area contributed by atoms with Crippen LogP contribution in [0.4, 0.5) is 184 Å². The molecule has 0 heterocycles. The van der Waals surface area contributed by atoms with E-state index >= 15 is 0 Å². The Kier molecular flexibility index (Phi) is 14.7. The molecule has 0 aliphatic carbocycles. The molecule has 0 aromatic heterocycles. The van der Waals surface area contributed by atoms with Gasteiger partial charge in [-0.2, -0.15) is 176 Å². The van der Waals surface area contributed by atoms with Gasteiger partial charge in [0.2, 0.25) is 11.7 Å². The van der Waals surface area contributed by atoms with E-state index in [0.717, 1.165) is 4.74 Å². The van der Waals surface area contributed by atoms with Gasteiger partial charge in [-0.25, -0.2) is 13.5 Å². The van der Waals surface area contributed by atoms with E-state index < -0.39 is 131 Å². The van der Waals surface area contributed by atoms with Crippen molar-refractivity contribution in [1.82, 2.24) is 0 Å². The molecule has 0 aliphatic heterocycles. The molecule has 1 nitrogen and oxygen atoms in total. The van der Waals surface area contributed by atoms with Gasteiger partial charge in [0.15, 0.2) is 0 Å². The SMILES string of the molecule is FC(=C(C(F)(F)C(F)(F)F)C(F)(F)C(F)(F)C(F)(F)C(F)(F)C(F)(F)C(F)(F)F)C(F)(F)OC(F)(F)C(F)=C(C(F)(F)C(F)(F)F)C(F)(F)C(F)(F)C(F)(F)C(F)(F)C(F)(F)C(F)(F)F. The van der Waals surface area contributed by atoms with Gasteiger partial charge in [0.1, 0.15) is 11.1 Å². The maximum Gasteiger partial charge on any atom is 0.460 e. The Labute approximate surface area is 321 Å². The first-order chi connectivity index (χ1) is 27.3. The third kappa shape index (κ3) is 8.67. The summed E-state index contributed by atoms with van der Waals surface area (Å²) >= 11 is 0. The summed E-state index contributed by atoms with van der Waals surface area (Å²) in [6, 6.07) is 0. The topological polar surface area (TPSA) is 9.23 Å². The summed E-state index contributed by atoms with van der Waals surface area (Å²) in [6.07, 6.45) is -53.4. The average Bonchev–Trinajstić information content (AvgIpc) is 3.00. The number of alkyl halides is 40. The van der Waals surface area contributed by atoms with Crippen molar-refractivity contribution in [2.75, 3.05) is 0 Å². The van der Waals surface area contributed by atoms with Gasteiger partial charge < -0.3 is 0 Å². The van der Waals surface area contributed by atoms with Gasteiger partial charge in [-0.1, -0.05) is 0 Å². The van der Waals surface area contributed by atoms with Crippen molar-refractivity contribution in [1.29, 1.82) is 0 Å². The van der Waals surface area contributed by atoms with E-state index in [-0.39, 0.29) is 0 Å². The minimum Gasteiger partial charge on any atom is -0.243 e. The number of halogens is 42. The highest BCUT2D eigenvalue weighted by molar-refractivity contribution is 5.36. The normalized spacial score (nSPS) is 17.6. The fourth-order valence-corrected chi connectivity index (χ4v) is 3.62. The van der Waals surface area contributed by atoms with Crippen LogP contribution >= 0.6 is 0 Å². The molecule has 0 unspecified atom stereocenters. The van der Waals surface area contributed by atoms with Crippen LogP contribution < -0.4 is 0 Å². The van der Waals surface area contributed by atoms with Gasteiger partial charge in [0.25, 0.3) is 0 Å². The Hall–Kier alpha value is -3.50. The molecule has 0 aromatic carbocycles. The fraction of sp³-hybridized carbons (Fsp3) is 0.818. The lowest BCUT2D eigenvalue weighted by Gasteiger charge is -2.41. The standard InChI is InChI=1S/C22F42O/c23-3(1(7(29,30)19(53,54)55)5(25,26)11(37,38)13(41,42)15(45,46)17(49,50)21(59,60)61)9(33,34)65-10(35,36)4(24)2(8(31,32)20(56,57)58)6(27,28)12(39,40)14(43,44)16(47,48)18(51,52)22(62,63)64. The van der Waals surface area contributed by atoms with Crippen molar-refractivity contribution in [2.24, 2.45) is 0 Å². The quantitative estimate of drug-likeness (QED) is 0.140. The summed E-state index contributed by atoms with van der Waals surface area (Å²) in [5.74, 6) is -129. The van der Waals surface area contributed by atoms with E-state index in [2.05, 4.69) is 0 Å². The summed E-state index contributed by atoms with van der Waals surface area (Å²) < 4.78 is 566. The van der Waals surface area contributed by atoms with Crippen LogP contribution in [0.15, 0.2) is 22.8 Å². The van der Waals surface area contributed by atoms with Crippen molar-refractivity contribution in [3.63, 3.8) is 0 Å². The van der Waals surface area contributed by atoms with E-state index in [1.54, 1.807) is 0 Å². The molecule has 0 N–H and O–H groups in total. The molecule has 0 rings (SSSR count). The maximum atomic E-state index is 14.4. The molecule has 65 heavy (non-hydrogen) atoms. The molecule has 0 saturated carbocycles. The first-order valence-electron chi connectivity index (χ1n) is 13.3. The monoisotopic (exact) mass is 1080 g/mol. The molecule has 0 aromatic rings. The van der Waals surface area contributed by atoms with Crippen LogP contribution in [0, 0.1) is 0 Å². The summed E-state index contributed by atoms with van der Waals surface area (Å²) in [5, 5.41) is 0. The van der Waals surface area contributed by atoms with Crippen LogP contribution in [0.3, 0.4) is 0 Å². The zero-order valence-electron chi connectivity index (χ0n) is 27.3. The second-order valence-electron chi connectivity index (χ2n) is 11.4. The van der Waals surface area contributed by atoms with Crippen molar-refractivity contribution in [3.05, 3.63) is 22.8 Å². The zero-order valence-corrected chi connectivity index (χ0v) is 27.3. The number of hydrogen-bond donors (Lipinski definition) is 0. The lowest BCUT2D eigenvalue weighted by atomic mass is 9.87. The summed E-state index contributed by atoms with van der Waals surface area (Å²) in [7, 11) is 0. The molecular formula is C22F42O. The zero-order chi connectivity index (χ0) is 54.0. The highest BCUT2D eigenvalue weighted by Crippen LogP contribution is 2.67. The van der Waals surface area contributed by atoms with Crippen LogP contribution in [-0.2, 0) is 4.74 Å². The molecular weight excluding hydrogens is 1080 g/mol. The van der Waals surface area contributed by atoms with Crippen LogP contribution in [0.5, 0.6) is 0 Å². The molecule has 0 bridgehead atoms. The number of rotatable bonds is 16. The number of hydrogen-bond acceptors (Lipinski definition) is 1. The Balaban J connectivity index is 8.88. The van der Waals surface area contributed by atoms with Gasteiger partial charge in [-0.05, 0) is 0 Å². The van der Waals surface area contributed by atoms with Crippen molar-refractivity contribution < 1.29 is 189 Å². The molecule has 0 radical (unpaired) electrons. The third-order valence-corrected chi connectivity index (χ3v) is 7.04. The van der Waals surface area contributed by atoms with E-state index in [1.807, 2.05) is 0 Å². The minimum absolute atomic E-state index is 0.747. The largest absolute Gasteiger partial charge is 0.460 e. The lowest BCUT2D eigenvalue weighted by molar-refractivity contribution is -0.439. The van der Waals surface area contributed by atoms with Crippen molar-refractivity contribution >= 4 is 0 Å². The second kappa shape index (κ2) is 15.5. The molecule has 388 valence electrons. The van der Waals surface area contributed by atoms with E-state index in [1.165, 1.54) is 0 Å². The molecule has 0 aliphatic rings. The smallest absolute Gasteiger partial charge is 0.243 e. The average molecular weight is 1080 g/mol. The predicted molar refractivity (Wildman–Crippen MR) is 111 cm³/mol.